The van der Waals surface area contributed by atoms with Crippen molar-refractivity contribution < 1.29 is 0 Å². The van der Waals surface area contributed by atoms with Gasteiger partial charge in [-0.25, -0.2) is 4.98 Å². The van der Waals surface area contributed by atoms with Crippen LogP contribution in [0.4, 0.5) is 5.82 Å². The second kappa shape index (κ2) is 4.82. The van der Waals surface area contributed by atoms with Crippen LogP contribution in [0.15, 0.2) is 18.3 Å². The van der Waals surface area contributed by atoms with Crippen molar-refractivity contribution in [2.24, 2.45) is 0 Å². The molecule has 0 unspecified atom stereocenters. The number of pyridine rings is 1. The Labute approximate surface area is 79.6 Å². The van der Waals surface area contributed by atoms with Gasteiger partial charge in [-0.2, -0.15) is 0 Å². The Morgan fingerprint density at radius 2 is 2.08 bits per heavy atom. The number of hydrogen-bond acceptors (Lipinski definition) is 3. The second-order valence-corrected chi connectivity index (χ2v) is 3.05. The van der Waals surface area contributed by atoms with Crippen molar-refractivity contribution in [2.45, 2.75) is 20.4 Å². The molecule has 1 heterocycles. The van der Waals surface area contributed by atoms with Gasteiger partial charge in [0.05, 0.1) is 0 Å². The molecule has 0 saturated carbocycles. The van der Waals surface area contributed by atoms with Crippen molar-refractivity contribution in [3.05, 3.63) is 23.9 Å². The van der Waals surface area contributed by atoms with E-state index in [0.717, 1.165) is 19.6 Å². The van der Waals surface area contributed by atoms with Crippen LogP contribution in [0, 0.1) is 0 Å². The van der Waals surface area contributed by atoms with Crippen LogP contribution in [-0.2, 0) is 6.54 Å². The average Bonchev–Trinajstić information content (AvgIpc) is 2.14. The average molecular weight is 179 g/mol. The van der Waals surface area contributed by atoms with Crippen LogP contribution in [-0.4, -0.2) is 23.0 Å². The zero-order valence-electron chi connectivity index (χ0n) is 8.33. The summed E-state index contributed by atoms with van der Waals surface area (Å²) in [5, 5.41) is 0. The normalized spacial score (nSPS) is 10.7. The highest BCUT2D eigenvalue weighted by Crippen LogP contribution is 2.06. The largest absolute Gasteiger partial charge is 0.384 e. The van der Waals surface area contributed by atoms with E-state index in [9.17, 15) is 0 Å². The molecule has 0 aliphatic rings. The van der Waals surface area contributed by atoms with Gasteiger partial charge in [-0.1, -0.05) is 13.8 Å². The molecular weight excluding hydrogens is 162 g/mol. The topological polar surface area (TPSA) is 42.2 Å². The summed E-state index contributed by atoms with van der Waals surface area (Å²) in [6, 6.07) is 3.94. The minimum Gasteiger partial charge on any atom is -0.384 e. The highest BCUT2D eigenvalue weighted by molar-refractivity contribution is 5.31. The third-order valence-corrected chi connectivity index (χ3v) is 2.15. The lowest BCUT2D eigenvalue weighted by Crippen LogP contribution is -2.22. The van der Waals surface area contributed by atoms with Gasteiger partial charge in [-0.15, -0.1) is 0 Å². The van der Waals surface area contributed by atoms with E-state index in [4.69, 9.17) is 5.73 Å². The molecule has 1 rings (SSSR count). The van der Waals surface area contributed by atoms with Crippen LogP contribution in [0.5, 0.6) is 0 Å². The van der Waals surface area contributed by atoms with E-state index in [-0.39, 0.29) is 0 Å². The lowest BCUT2D eigenvalue weighted by Gasteiger charge is -2.17. The Balaban J connectivity index is 2.62. The summed E-state index contributed by atoms with van der Waals surface area (Å²) in [6.45, 7) is 7.42. The zero-order valence-corrected chi connectivity index (χ0v) is 8.33. The summed E-state index contributed by atoms with van der Waals surface area (Å²) >= 11 is 0. The maximum absolute atomic E-state index is 5.59. The highest BCUT2D eigenvalue weighted by atomic mass is 15.1. The second-order valence-electron chi connectivity index (χ2n) is 3.05. The molecule has 3 heteroatoms. The predicted molar refractivity (Wildman–Crippen MR) is 55.3 cm³/mol. The predicted octanol–water partition coefficient (Wildman–Crippen LogP) is 1.51. The number of anilines is 1. The van der Waals surface area contributed by atoms with Gasteiger partial charge in [0.1, 0.15) is 5.82 Å². The molecule has 1 aromatic rings. The van der Waals surface area contributed by atoms with E-state index in [1.54, 1.807) is 6.20 Å². The molecule has 0 aliphatic carbocycles. The lowest BCUT2D eigenvalue weighted by molar-refractivity contribution is 0.296. The molecule has 0 bridgehead atoms. The molecule has 0 fully saturated rings. The van der Waals surface area contributed by atoms with Crippen LogP contribution in [0.25, 0.3) is 0 Å². The number of aromatic nitrogens is 1. The van der Waals surface area contributed by atoms with Gasteiger partial charge in [0.25, 0.3) is 0 Å². The fourth-order valence-corrected chi connectivity index (χ4v) is 1.30. The standard InChI is InChI=1S/C10H17N3/c1-3-13(4-2)8-9-5-6-12-10(11)7-9/h5-7H,3-4,8H2,1-2H3,(H2,11,12). The first-order valence-corrected chi connectivity index (χ1v) is 4.69. The summed E-state index contributed by atoms with van der Waals surface area (Å²) < 4.78 is 0. The number of hydrogen-bond donors (Lipinski definition) is 1. The quantitative estimate of drug-likeness (QED) is 0.761. The van der Waals surface area contributed by atoms with E-state index in [1.165, 1.54) is 5.56 Å². The van der Waals surface area contributed by atoms with E-state index >= 15 is 0 Å². The molecule has 1 aromatic heterocycles. The first-order chi connectivity index (χ1) is 6.26. The maximum atomic E-state index is 5.59. The van der Waals surface area contributed by atoms with Crippen LogP contribution in [0.3, 0.4) is 0 Å². The first-order valence-electron chi connectivity index (χ1n) is 4.69. The number of nitrogens with zero attached hydrogens (tertiary/aromatic N) is 2. The summed E-state index contributed by atoms with van der Waals surface area (Å²) in [5.41, 5.74) is 6.82. The molecule has 0 amide bonds. The Kier molecular flexibility index (Phi) is 3.71. The van der Waals surface area contributed by atoms with Crippen LogP contribution < -0.4 is 5.73 Å². The van der Waals surface area contributed by atoms with Crippen molar-refractivity contribution in [1.29, 1.82) is 0 Å². The van der Waals surface area contributed by atoms with Gasteiger partial charge >= 0.3 is 0 Å². The molecule has 72 valence electrons. The summed E-state index contributed by atoms with van der Waals surface area (Å²) in [5.74, 6) is 0.602. The minimum atomic E-state index is 0.602. The van der Waals surface area contributed by atoms with Crippen molar-refractivity contribution in [1.82, 2.24) is 9.88 Å². The minimum absolute atomic E-state index is 0.602. The lowest BCUT2D eigenvalue weighted by atomic mass is 10.2. The number of nitrogens with two attached hydrogens (primary N) is 1. The highest BCUT2D eigenvalue weighted by Gasteiger charge is 2.00. The van der Waals surface area contributed by atoms with Crippen LogP contribution >= 0.6 is 0 Å². The monoisotopic (exact) mass is 179 g/mol. The third-order valence-electron chi connectivity index (χ3n) is 2.15. The van der Waals surface area contributed by atoms with Gasteiger partial charge in [0, 0.05) is 12.7 Å². The Morgan fingerprint density at radius 1 is 1.38 bits per heavy atom. The fraction of sp³-hybridized carbons (Fsp3) is 0.500. The van der Waals surface area contributed by atoms with Gasteiger partial charge < -0.3 is 5.73 Å². The summed E-state index contributed by atoms with van der Waals surface area (Å²) in [6.07, 6.45) is 1.76. The van der Waals surface area contributed by atoms with Crippen molar-refractivity contribution in [3.63, 3.8) is 0 Å². The molecule has 13 heavy (non-hydrogen) atoms. The Bertz CT molecular complexity index is 256. The Hall–Kier alpha value is -1.09. The molecule has 3 nitrogen and oxygen atoms in total. The molecular formula is C10H17N3. The molecule has 0 radical (unpaired) electrons. The molecule has 0 aromatic carbocycles. The smallest absolute Gasteiger partial charge is 0.123 e. The molecule has 0 aliphatic heterocycles. The zero-order chi connectivity index (χ0) is 9.68. The van der Waals surface area contributed by atoms with E-state index in [0.29, 0.717) is 5.82 Å². The molecule has 0 atom stereocenters. The SMILES string of the molecule is CCN(CC)Cc1ccnc(N)c1. The van der Waals surface area contributed by atoms with Crippen molar-refractivity contribution in [2.75, 3.05) is 18.8 Å². The Morgan fingerprint density at radius 3 is 2.62 bits per heavy atom. The van der Waals surface area contributed by atoms with Gasteiger partial charge in [0.2, 0.25) is 0 Å². The molecule has 0 saturated heterocycles. The third kappa shape index (κ3) is 3.03. The van der Waals surface area contributed by atoms with Crippen molar-refractivity contribution >= 4 is 5.82 Å². The van der Waals surface area contributed by atoms with Gasteiger partial charge in [-0.3, -0.25) is 4.90 Å². The van der Waals surface area contributed by atoms with Gasteiger partial charge in [-0.05, 0) is 30.8 Å². The number of nitrogen functional groups attached to an aromatic ring is 1. The van der Waals surface area contributed by atoms with Crippen LogP contribution in [0.1, 0.15) is 19.4 Å². The molecule has 2 N–H and O–H groups in total. The maximum Gasteiger partial charge on any atom is 0.123 e. The van der Waals surface area contributed by atoms with E-state index < -0.39 is 0 Å². The van der Waals surface area contributed by atoms with E-state index in [1.807, 2.05) is 12.1 Å². The summed E-state index contributed by atoms with van der Waals surface area (Å²) in [7, 11) is 0. The fourth-order valence-electron chi connectivity index (χ4n) is 1.30. The number of rotatable bonds is 4. The van der Waals surface area contributed by atoms with Gasteiger partial charge in [0.15, 0.2) is 0 Å². The van der Waals surface area contributed by atoms with Crippen molar-refractivity contribution in [3.8, 4) is 0 Å². The molecule has 0 spiro atoms. The van der Waals surface area contributed by atoms with Crippen LogP contribution in [0.2, 0.25) is 0 Å². The summed E-state index contributed by atoms with van der Waals surface area (Å²) in [4.78, 5) is 6.30. The first kappa shape index (κ1) is 9.99. The van der Waals surface area contributed by atoms with E-state index in [2.05, 4.69) is 23.7 Å².